The van der Waals surface area contributed by atoms with E-state index in [4.69, 9.17) is 4.74 Å². The molecule has 0 aliphatic heterocycles. The summed E-state index contributed by atoms with van der Waals surface area (Å²) in [5, 5.41) is 8.05. The maximum Gasteiger partial charge on any atom is 0.172 e. The second-order valence-corrected chi connectivity index (χ2v) is 6.43. The number of aromatic nitrogens is 3. The Hall–Kier alpha value is -2.17. The van der Waals surface area contributed by atoms with Crippen molar-refractivity contribution in [3.63, 3.8) is 0 Å². The molecule has 0 saturated carbocycles. The third-order valence-electron chi connectivity index (χ3n) is 3.36. The van der Waals surface area contributed by atoms with Crippen LogP contribution in [0.15, 0.2) is 24.3 Å². The number of ether oxygens (including phenoxy) is 1. The van der Waals surface area contributed by atoms with E-state index in [1.54, 1.807) is 0 Å². The SMILES string of the molecule is Cc1cccc(OCCCn2nnc(C=O)c2C(C)(C)C)c1. The van der Waals surface area contributed by atoms with Gasteiger partial charge in [0.25, 0.3) is 0 Å². The highest BCUT2D eigenvalue weighted by molar-refractivity contribution is 5.73. The van der Waals surface area contributed by atoms with E-state index >= 15 is 0 Å². The average Bonchev–Trinajstić information content (AvgIpc) is 2.87. The molecule has 0 bridgehead atoms. The highest BCUT2D eigenvalue weighted by Gasteiger charge is 2.24. The van der Waals surface area contributed by atoms with E-state index in [9.17, 15) is 4.79 Å². The number of nitrogens with zero attached hydrogens (tertiary/aromatic N) is 3. The number of hydrogen-bond donors (Lipinski definition) is 0. The van der Waals surface area contributed by atoms with E-state index < -0.39 is 0 Å². The third kappa shape index (κ3) is 3.93. The largest absolute Gasteiger partial charge is 0.494 e. The van der Waals surface area contributed by atoms with Gasteiger partial charge in [0.05, 0.1) is 12.3 Å². The zero-order valence-electron chi connectivity index (χ0n) is 13.7. The van der Waals surface area contributed by atoms with E-state index in [0.29, 0.717) is 18.8 Å². The van der Waals surface area contributed by atoms with Crippen molar-refractivity contribution in [2.24, 2.45) is 0 Å². The van der Waals surface area contributed by atoms with Gasteiger partial charge < -0.3 is 4.74 Å². The minimum atomic E-state index is -0.170. The van der Waals surface area contributed by atoms with Gasteiger partial charge in [-0.05, 0) is 24.6 Å². The second kappa shape index (κ2) is 6.73. The highest BCUT2D eigenvalue weighted by Crippen LogP contribution is 2.24. The second-order valence-electron chi connectivity index (χ2n) is 6.43. The molecule has 0 atom stereocenters. The Bertz CT molecular complexity index is 642. The summed E-state index contributed by atoms with van der Waals surface area (Å²) in [4.78, 5) is 11.1. The number of carbonyl (C=O) groups is 1. The number of aryl methyl sites for hydroxylation is 2. The predicted molar refractivity (Wildman–Crippen MR) is 85.4 cm³/mol. The minimum Gasteiger partial charge on any atom is -0.494 e. The summed E-state index contributed by atoms with van der Waals surface area (Å²) >= 11 is 0. The number of carbonyl (C=O) groups excluding carboxylic acids is 1. The maximum absolute atomic E-state index is 11.1. The van der Waals surface area contributed by atoms with Gasteiger partial charge in [0.2, 0.25) is 0 Å². The van der Waals surface area contributed by atoms with E-state index in [0.717, 1.165) is 24.2 Å². The van der Waals surface area contributed by atoms with Gasteiger partial charge in [-0.25, -0.2) is 4.68 Å². The Kier molecular flexibility index (Phi) is 4.96. The highest BCUT2D eigenvalue weighted by atomic mass is 16.5. The Labute approximate surface area is 131 Å². The lowest BCUT2D eigenvalue weighted by molar-refractivity contribution is 0.111. The minimum absolute atomic E-state index is 0.170. The van der Waals surface area contributed by atoms with Crippen LogP contribution in [0.4, 0.5) is 0 Å². The van der Waals surface area contributed by atoms with Gasteiger partial charge in [0.1, 0.15) is 11.4 Å². The van der Waals surface area contributed by atoms with Crippen molar-refractivity contribution in [1.82, 2.24) is 15.0 Å². The monoisotopic (exact) mass is 301 g/mol. The fraction of sp³-hybridized carbons (Fsp3) is 0.471. The molecule has 0 radical (unpaired) electrons. The lowest BCUT2D eigenvalue weighted by Crippen LogP contribution is -2.21. The number of rotatable bonds is 6. The van der Waals surface area contributed by atoms with Gasteiger partial charge >= 0.3 is 0 Å². The number of benzene rings is 1. The Balaban J connectivity index is 1.95. The smallest absolute Gasteiger partial charge is 0.172 e. The van der Waals surface area contributed by atoms with Gasteiger partial charge in [-0.15, -0.1) is 5.10 Å². The Morgan fingerprint density at radius 3 is 2.73 bits per heavy atom. The van der Waals surface area contributed by atoms with Crippen molar-refractivity contribution < 1.29 is 9.53 Å². The lowest BCUT2D eigenvalue weighted by atomic mass is 9.90. The molecule has 2 aromatic rings. The van der Waals surface area contributed by atoms with Crippen molar-refractivity contribution in [3.8, 4) is 5.75 Å². The first-order chi connectivity index (χ1) is 10.4. The molecule has 0 unspecified atom stereocenters. The van der Waals surface area contributed by atoms with E-state index in [2.05, 4.69) is 31.1 Å². The Morgan fingerprint density at radius 1 is 1.32 bits per heavy atom. The summed E-state index contributed by atoms with van der Waals surface area (Å²) in [5.41, 5.74) is 2.31. The van der Waals surface area contributed by atoms with Gasteiger partial charge in [0.15, 0.2) is 6.29 Å². The fourth-order valence-electron chi connectivity index (χ4n) is 2.44. The zero-order chi connectivity index (χ0) is 16.2. The first-order valence-corrected chi connectivity index (χ1v) is 7.50. The quantitative estimate of drug-likeness (QED) is 0.607. The van der Waals surface area contributed by atoms with Crippen molar-refractivity contribution in [1.29, 1.82) is 0 Å². The molecule has 22 heavy (non-hydrogen) atoms. The lowest BCUT2D eigenvalue weighted by Gasteiger charge is -2.20. The first-order valence-electron chi connectivity index (χ1n) is 7.50. The molecule has 0 aliphatic rings. The average molecular weight is 301 g/mol. The van der Waals surface area contributed by atoms with E-state index in [-0.39, 0.29) is 5.41 Å². The molecule has 0 spiro atoms. The van der Waals surface area contributed by atoms with Crippen LogP contribution in [0.2, 0.25) is 0 Å². The summed E-state index contributed by atoms with van der Waals surface area (Å²) in [6.07, 6.45) is 1.58. The van der Waals surface area contributed by atoms with E-state index in [1.165, 1.54) is 5.56 Å². The summed E-state index contributed by atoms with van der Waals surface area (Å²) in [6, 6.07) is 7.99. The maximum atomic E-state index is 11.1. The third-order valence-corrected chi connectivity index (χ3v) is 3.36. The fourth-order valence-corrected chi connectivity index (χ4v) is 2.44. The normalized spacial score (nSPS) is 11.5. The molecular weight excluding hydrogens is 278 g/mol. The zero-order valence-corrected chi connectivity index (χ0v) is 13.7. The van der Waals surface area contributed by atoms with Gasteiger partial charge in [-0.3, -0.25) is 4.79 Å². The van der Waals surface area contributed by atoms with Crippen LogP contribution in [-0.4, -0.2) is 27.9 Å². The van der Waals surface area contributed by atoms with Crippen molar-refractivity contribution in [2.45, 2.75) is 46.1 Å². The van der Waals surface area contributed by atoms with E-state index in [1.807, 2.05) is 35.9 Å². The Morgan fingerprint density at radius 2 is 2.09 bits per heavy atom. The molecule has 5 heteroatoms. The van der Waals surface area contributed by atoms with Crippen LogP contribution in [0.5, 0.6) is 5.75 Å². The molecule has 2 rings (SSSR count). The van der Waals surface area contributed by atoms with Crippen molar-refractivity contribution >= 4 is 6.29 Å². The molecule has 0 fully saturated rings. The van der Waals surface area contributed by atoms with Crippen LogP contribution in [-0.2, 0) is 12.0 Å². The van der Waals surface area contributed by atoms with Crippen LogP contribution in [0.25, 0.3) is 0 Å². The molecule has 118 valence electrons. The van der Waals surface area contributed by atoms with Crippen LogP contribution in [0.3, 0.4) is 0 Å². The van der Waals surface area contributed by atoms with Gasteiger partial charge in [-0.2, -0.15) is 0 Å². The molecule has 0 N–H and O–H groups in total. The molecule has 0 saturated heterocycles. The van der Waals surface area contributed by atoms with Crippen molar-refractivity contribution in [3.05, 3.63) is 41.2 Å². The van der Waals surface area contributed by atoms with Crippen LogP contribution < -0.4 is 4.74 Å². The van der Waals surface area contributed by atoms with Gasteiger partial charge in [0, 0.05) is 18.4 Å². The molecule has 1 heterocycles. The molecule has 0 aliphatic carbocycles. The first kappa shape index (κ1) is 16.2. The molecular formula is C17H23N3O2. The summed E-state index contributed by atoms with van der Waals surface area (Å²) in [7, 11) is 0. The molecule has 5 nitrogen and oxygen atoms in total. The van der Waals surface area contributed by atoms with Crippen LogP contribution in [0, 0.1) is 6.92 Å². The number of aldehydes is 1. The summed E-state index contributed by atoms with van der Waals surface area (Å²) < 4.78 is 7.54. The molecule has 1 aromatic carbocycles. The number of hydrogen-bond acceptors (Lipinski definition) is 4. The van der Waals surface area contributed by atoms with Crippen molar-refractivity contribution in [2.75, 3.05) is 6.61 Å². The topological polar surface area (TPSA) is 57.0 Å². The van der Waals surface area contributed by atoms with Crippen LogP contribution in [0.1, 0.15) is 48.9 Å². The van der Waals surface area contributed by atoms with Crippen LogP contribution >= 0.6 is 0 Å². The summed E-state index contributed by atoms with van der Waals surface area (Å²) in [6.45, 7) is 9.48. The molecule has 0 amide bonds. The predicted octanol–water partition coefficient (Wildman–Crippen LogP) is 3.17. The summed E-state index contributed by atoms with van der Waals surface area (Å²) in [5.74, 6) is 0.878. The standard InChI is InChI=1S/C17H23N3O2/c1-13-7-5-8-14(11-13)22-10-6-9-20-16(17(2,3)4)15(12-21)18-19-20/h5,7-8,11-12H,6,9-10H2,1-4H3. The van der Waals surface area contributed by atoms with Gasteiger partial charge in [-0.1, -0.05) is 38.1 Å². The molecule has 1 aromatic heterocycles.